The van der Waals surface area contributed by atoms with Gasteiger partial charge in [-0.25, -0.2) is 8.42 Å². The molecule has 0 bridgehead atoms. The molecule has 1 aromatic heterocycles. The van der Waals surface area contributed by atoms with Gasteiger partial charge >= 0.3 is 0 Å². The molecule has 0 aliphatic carbocycles. The van der Waals surface area contributed by atoms with E-state index in [1.54, 1.807) is 6.92 Å². The van der Waals surface area contributed by atoms with Gasteiger partial charge in [-0.15, -0.1) is 0 Å². The Bertz CT molecular complexity index is 728. The van der Waals surface area contributed by atoms with E-state index in [0.717, 1.165) is 5.56 Å². The number of hydrogen-bond acceptors (Lipinski definition) is 6. The molecule has 0 N–H and O–H groups in total. The summed E-state index contributed by atoms with van der Waals surface area (Å²) in [6.45, 7) is 4.01. The zero-order valence-electron chi connectivity index (χ0n) is 13.9. The van der Waals surface area contributed by atoms with Crippen LogP contribution in [0.2, 0.25) is 0 Å². The van der Waals surface area contributed by atoms with Gasteiger partial charge in [0.05, 0.1) is 11.8 Å². The Balaban J connectivity index is 1.98. The largest absolute Gasteiger partial charge is 0.338 e. The van der Waals surface area contributed by atoms with Crippen molar-refractivity contribution >= 4 is 9.84 Å². The molecule has 1 aromatic carbocycles. The van der Waals surface area contributed by atoms with Gasteiger partial charge in [-0.2, -0.15) is 4.98 Å². The van der Waals surface area contributed by atoms with Crippen LogP contribution in [0.5, 0.6) is 0 Å². The highest BCUT2D eigenvalue weighted by Crippen LogP contribution is 2.13. The standard InChI is InChI=1S/C16H23N3O3S/c1-12(13(2)23(4,20)21)19(3)11-16-17-15(18-22-16)10-14-8-6-5-7-9-14/h5-9,12-13H,10-11H2,1-4H3/t12-,13+/m1/s1. The van der Waals surface area contributed by atoms with Crippen molar-refractivity contribution in [3.63, 3.8) is 0 Å². The second-order valence-corrected chi connectivity index (χ2v) is 8.36. The van der Waals surface area contributed by atoms with Crippen molar-refractivity contribution in [2.45, 2.75) is 38.1 Å². The molecule has 0 aliphatic rings. The van der Waals surface area contributed by atoms with Crippen LogP contribution in [0.15, 0.2) is 34.9 Å². The molecule has 23 heavy (non-hydrogen) atoms. The third-order valence-corrected chi connectivity index (χ3v) is 5.89. The monoisotopic (exact) mass is 337 g/mol. The Morgan fingerprint density at radius 3 is 2.48 bits per heavy atom. The molecule has 0 radical (unpaired) electrons. The second-order valence-electron chi connectivity index (χ2n) is 5.96. The molecule has 7 heteroatoms. The van der Waals surface area contributed by atoms with Crippen LogP contribution in [0, 0.1) is 0 Å². The van der Waals surface area contributed by atoms with E-state index in [-0.39, 0.29) is 6.04 Å². The van der Waals surface area contributed by atoms with E-state index in [4.69, 9.17) is 4.52 Å². The fourth-order valence-electron chi connectivity index (χ4n) is 2.28. The fraction of sp³-hybridized carbons (Fsp3) is 0.500. The van der Waals surface area contributed by atoms with E-state index in [2.05, 4.69) is 10.1 Å². The Labute approximate surface area is 137 Å². The molecule has 126 valence electrons. The summed E-state index contributed by atoms with van der Waals surface area (Å²) in [5, 5.41) is 3.53. The predicted octanol–water partition coefficient (Wildman–Crippen LogP) is 1.91. The number of hydrogen-bond donors (Lipinski definition) is 0. The smallest absolute Gasteiger partial charge is 0.240 e. The quantitative estimate of drug-likeness (QED) is 0.768. The van der Waals surface area contributed by atoms with Crippen molar-refractivity contribution in [3.8, 4) is 0 Å². The van der Waals surface area contributed by atoms with Gasteiger partial charge in [-0.1, -0.05) is 35.5 Å². The van der Waals surface area contributed by atoms with E-state index >= 15 is 0 Å². The van der Waals surface area contributed by atoms with Gasteiger partial charge in [-0.3, -0.25) is 4.90 Å². The van der Waals surface area contributed by atoms with Crippen LogP contribution in [-0.2, 0) is 22.8 Å². The highest BCUT2D eigenvalue weighted by atomic mass is 32.2. The van der Waals surface area contributed by atoms with E-state index in [1.807, 2.05) is 49.2 Å². The van der Waals surface area contributed by atoms with Crippen LogP contribution >= 0.6 is 0 Å². The third kappa shape index (κ3) is 4.87. The molecule has 0 saturated carbocycles. The van der Waals surface area contributed by atoms with Crippen LogP contribution in [-0.4, -0.2) is 48.1 Å². The van der Waals surface area contributed by atoms with E-state index in [0.29, 0.717) is 24.7 Å². The molecule has 2 rings (SSSR count). The Hall–Kier alpha value is -1.73. The highest BCUT2D eigenvalue weighted by molar-refractivity contribution is 7.91. The van der Waals surface area contributed by atoms with Gasteiger partial charge in [-0.05, 0) is 26.5 Å². The normalized spacial score (nSPS) is 14.8. The van der Waals surface area contributed by atoms with Gasteiger partial charge in [0.15, 0.2) is 15.7 Å². The summed E-state index contributed by atoms with van der Waals surface area (Å²) in [6, 6.07) is 9.78. The maximum Gasteiger partial charge on any atom is 0.240 e. The summed E-state index contributed by atoms with van der Waals surface area (Å²) in [5.74, 6) is 1.12. The molecule has 0 spiro atoms. The second kappa shape index (κ2) is 7.23. The van der Waals surface area contributed by atoms with Crippen LogP contribution in [0.4, 0.5) is 0 Å². The average Bonchev–Trinajstić information content (AvgIpc) is 2.92. The van der Waals surface area contributed by atoms with Gasteiger partial charge in [0, 0.05) is 18.7 Å². The van der Waals surface area contributed by atoms with Gasteiger partial charge in [0.2, 0.25) is 5.89 Å². The molecule has 2 atom stereocenters. The van der Waals surface area contributed by atoms with Gasteiger partial charge < -0.3 is 4.52 Å². The molecule has 2 aromatic rings. The molecule has 0 amide bonds. The van der Waals surface area contributed by atoms with Crippen LogP contribution in [0.25, 0.3) is 0 Å². The lowest BCUT2D eigenvalue weighted by Gasteiger charge is -2.27. The minimum Gasteiger partial charge on any atom is -0.338 e. The minimum atomic E-state index is -3.08. The molecule has 0 fully saturated rings. The maximum absolute atomic E-state index is 11.7. The lowest BCUT2D eigenvalue weighted by atomic mass is 10.1. The van der Waals surface area contributed by atoms with Crippen LogP contribution in [0.1, 0.15) is 31.1 Å². The fourth-order valence-corrected chi connectivity index (χ4v) is 3.20. The molecule has 1 heterocycles. The number of benzene rings is 1. The van der Waals surface area contributed by atoms with E-state index < -0.39 is 15.1 Å². The molecule has 6 nitrogen and oxygen atoms in total. The van der Waals surface area contributed by atoms with E-state index in [9.17, 15) is 8.42 Å². The molecular weight excluding hydrogens is 314 g/mol. The van der Waals surface area contributed by atoms with Crippen LogP contribution < -0.4 is 0 Å². The Morgan fingerprint density at radius 1 is 1.22 bits per heavy atom. The van der Waals surface area contributed by atoms with Crippen molar-refractivity contribution in [1.29, 1.82) is 0 Å². The first-order chi connectivity index (χ1) is 10.8. The first-order valence-electron chi connectivity index (χ1n) is 7.52. The summed E-state index contributed by atoms with van der Waals surface area (Å²) in [7, 11) is -1.23. The summed E-state index contributed by atoms with van der Waals surface area (Å²) in [6.07, 6.45) is 1.87. The Kier molecular flexibility index (Phi) is 5.54. The van der Waals surface area contributed by atoms with Crippen molar-refractivity contribution in [2.24, 2.45) is 0 Å². The first-order valence-corrected chi connectivity index (χ1v) is 9.47. The summed E-state index contributed by atoms with van der Waals surface area (Å²) in [5.41, 5.74) is 1.12. The van der Waals surface area contributed by atoms with E-state index in [1.165, 1.54) is 6.26 Å². The third-order valence-electron chi connectivity index (χ3n) is 4.15. The average molecular weight is 337 g/mol. The maximum atomic E-state index is 11.7. The summed E-state index contributed by atoms with van der Waals surface area (Å²) >= 11 is 0. The number of aromatic nitrogens is 2. The summed E-state index contributed by atoms with van der Waals surface area (Å²) < 4.78 is 28.6. The van der Waals surface area contributed by atoms with Gasteiger partial charge in [0.1, 0.15) is 0 Å². The van der Waals surface area contributed by atoms with Crippen molar-refractivity contribution in [1.82, 2.24) is 15.0 Å². The zero-order chi connectivity index (χ0) is 17.0. The number of sulfone groups is 1. The molecular formula is C16H23N3O3S. The lowest BCUT2D eigenvalue weighted by Crippen LogP contribution is -2.40. The first kappa shape index (κ1) is 17.6. The Morgan fingerprint density at radius 2 is 1.87 bits per heavy atom. The zero-order valence-corrected chi connectivity index (χ0v) is 14.7. The SMILES string of the molecule is C[C@H]([C@H](C)S(C)(=O)=O)N(C)Cc1nc(Cc2ccccc2)no1. The predicted molar refractivity (Wildman–Crippen MR) is 88.8 cm³/mol. The molecule has 0 aliphatic heterocycles. The highest BCUT2D eigenvalue weighted by Gasteiger charge is 2.26. The number of rotatable bonds is 7. The van der Waals surface area contributed by atoms with Crippen molar-refractivity contribution in [2.75, 3.05) is 13.3 Å². The van der Waals surface area contributed by atoms with Gasteiger partial charge in [0.25, 0.3) is 0 Å². The number of nitrogens with zero attached hydrogens (tertiary/aromatic N) is 3. The minimum absolute atomic E-state index is 0.144. The summed E-state index contributed by atoms with van der Waals surface area (Å²) in [4.78, 5) is 6.29. The topological polar surface area (TPSA) is 76.3 Å². The lowest BCUT2D eigenvalue weighted by molar-refractivity contribution is 0.211. The van der Waals surface area contributed by atoms with Crippen molar-refractivity contribution < 1.29 is 12.9 Å². The molecule has 0 saturated heterocycles. The molecule has 0 unspecified atom stereocenters. The van der Waals surface area contributed by atoms with Crippen LogP contribution in [0.3, 0.4) is 0 Å². The van der Waals surface area contributed by atoms with Crippen molar-refractivity contribution in [3.05, 3.63) is 47.6 Å².